The number of hydrogen-bond acceptors (Lipinski definition) is 7. The van der Waals surface area contributed by atoms with Crippen molar-refractivity contribution in [3.05, 3.63) is 104 Å². The topological polar surface area (TPSA) is 117 Å². The molecule has 13 heteroatoms. The van der Waals surface area contributed by atoms with Gasteiger partial charge in [-0.2, -0.15) is 5.10 Å². The number of thiophene rings is 1. The summed E-state index contributed by atoms with van der Waals surface area (Å²) in [6, 6.07) is 14.7. The predicted octanol–water partition coefficient (Wildman–Crippen LogP) is 6.76. The van der Waals surface area contributed by atoms with Crippen molar-refractivity contribution in [2.24, 2.45) is 11.1 Å². The van der Waals surface area contributed by atoms with Gasteiger partial charge in [0, 0.05) is 28.5 Å². The fourth-order valence-electron chi connectivity index (χ4n) is 4.76. The van der Waals surface area contributed by atoms with Crippen molar-refractivity contribution in [1.82, 2.24) is 14.8 Å². The molecule has 1 saturated carbocycles. The molecule has 3 N–H and O–H groups in total. The van der Waals surface area contributed by atoms with Gasteiger partial charge in [-0.1, -0.05) is 30.0 Å². The van der Waals surface area contributed by atoms with Crippen molar-refractivity contribution < 1.29 is 27.6 Å². The monoisotopic (exact) mass is 652 g/mol. The Morgan fingerprint density at radius 1 is 1.18 bits per heavy atom. The number of rotatable bonds is 9. The van der Waals surface area contributed by atoms with Crippen LogP contribution >= 0.6 is 22.7 Å². The molecule has 0 saturated heterocycles. The first-order valence-electron chi connectivity index (χ1n) is 13.4. The molecule has 1 aliphatic rings. The number of alkyl halides is 2. The number of carboxylic acid groups (broad SMARTS) is 1. The van der Waals surface area contributed by atoms with Crippen LogP contribution in [-0.2, 0) is 24.2 Å². The van der Waals surface area contributed by atoms with Gasteiger partial charge in [0.1, 0.15) is 0 Å². The van der Waals surface area contributed by atoms with Gasteiger partial charge < -0.3 is 9.66 Å². The second-order valence-corrected chi connectivity index (χ2v) is 13.2. The average molecular weight is 653 g/mol. The molecule has 0 aliphatic heterocycles. The van der Waals surface area contributed by atoms with Crippen LogP contribution in [-0.4, -0.2) is 30.4 Å². The van der Waals surface area contributed by atoms with E-state index in [9.17, 15) is 27.6 Å². The first kappa shape index (κ1) is 30.1. The Bertz CT molecular complexity index is 1920. The number of hydrogen-bond donors (Lipinski definition) is 2. The molecule has 5 aromatic rings. The Kier molecular flexibility index (Phi) is 8.61. The van der Waals surface area contributed by atoms with Gasteiger partial charge in [-0.25, -0.2) is 27.6 Å². The number of nitrogens with two attached hydrogens (primary N) is 1. The SMILES string of the molecule is N[S+]([O-])c1ccc(Cc2c(-c3cccc(C#Cc4ccc(C(F)F)s4)c3)nn(-c3nc(C(=O)O)cs3)c2CC2CC2)cc1F. The first-order chi connectivity index (χ1) is 21.2. The van der Waals surface area contributed by atoms with Crippen LogP contribution in [0.4, 0.5) is 13.2 Å². The first-order valence-corrected chi connectivity index (χ1v) is 16.3. The van der Waals surface area contributed by atoms with Crippen molar-refractivity contribution in [3.63, 3.8) is 0 Å². The Labute approximate surface area is 261 Å². The second kappa shape index (κ2) is 12.6. The van der Waals surface area contributed by atoms with Crippen molar-refractivity contribution in [2.45, 2.75) is 37.0 Å². The summed E-state index contributed by atoms with van der Waals surface area (Å²) in [5.74, 6) is 4.60. The highest BCUT2D eigenvalue weighted by atomic mass is 32.2. The average Bonchev–Trinajstić information content (AvgIpc) is 3.34. The molecule has 0 amide bonds. The maximum absolute atomic E-state index is 14.8. The van der Waals surface area contributed by atoms with E-state index in [1.807, 2.05) is 18.2 Å². The van der Waals surface area contributed by atoms with Gasteiger partial charge in [-0.05, 0) is 67.1 Å². The van der Waals surface area contributed by atoms with E-state index < -0.39 is 29.6 Å². The summed E-state index contributed by atoms with van der Waals surface area (Å²) < 4.78 is 54.2. The van der Waals surface area contributed by atoms with Crippen LogP contribution in [0.5, 0.6) is 0 Å². The third-order valence-corrected chi connectivity index (χ3v) is 9.65. The van der Waals surface area contributed by atoms with Crippen molar-refractivity contribution in [1.29, 1.82) is 0 Å². The van der Waals surface area contributed by atoms with E-state index in [2.05, 4.69) is 16.8 Å². The van der Waals surface area contributed by atoms with Crippen molar-refractivity contribution in [2.75, 3.05) is 0 Å². The number of thiazole rings is 1. The minimum absolute atomic E-state index is 0.0446. The lowest BCUT2D eigenvalue weighted by molar-refractivity contribution is 0.0691. The van der Waals surface area contributed by atoms with Crippen LogP contribution in [0.1, 0.15) is 61.9 Å². The van der Waals surface area contributed by atoms with Crippen molar-refractivity contribution >= 4 is 40.0 Å². The Morgan fingerprint density at radius 2 is 2.00 bits per heavy atom. The zero-order valence-electron chi connectivity index (χ0n) is 22.8. The zero-order valence-corrected chi connectivity index (χ0v) is 25.2. The molecular weight excluding hydrogens is 630 g/mol. The molecule has 3 aromatic heterocycles. The molecule has 2 aromatic carbocycles. The van der Waals surface area contributed by atoms with E-state index in [1.165, 1.54) is 23.6 Å². The lowest BCUT2D eigenvalue weighted by atomic mass is 9.96. The Balaban J connectivity index is 1.46. The van der Waals surface area contributed by atoms with E-state index in [1.54, 1.807) is 22.9 Å². The molecule has 0 radical (unpaired) electrons. The van der Waals surface area contributed by atoms with E-state index in [4.69, 9.17) is 10.2 Å². The summed E-state index contributed by atoms with van der Waals surface area (Å²) in [6.07, 6.45) is 0.492. The van der Waals surface area contributed by atoms with Gasteiger partial charge in [0.05, 0.1) is 32.5 Å². The number of halogens is 3. The number of nitrogens with zero attached hydrogens (tertiary/aromatic N) is 3. The smallest absolute Gasteiger partial charge is 0.355 e. The molecule has 7 nitrogen and oxygen atoms in total. The van der Waals surface area contributed by atoms with Gasteiger partial charge in [-0.15, -0.1) is 27.8 Å². The van der Waals surface area contributed by atoms with Crippen LogP contribution in [0.3, 0.4) is 0 Å². The van der Waals surface area contributed by atoms with Crippen molar-refractivity contribution in [3.8, 4) is 28.2 Å². The van der Waals surface area contributed by atoms with Gasteiger partial charge in [-0.3, -0.25) is 0 Å². The molecule has 3 heterocycles. The molecule has 1 aliphatic carbocycles. The normalized spacial score (nSPS) is 13.6. The van der Waals surface area contributed by atoms with Gasteiger partial charge in [0.15, 0.2) is 11.5 Å². The molecule has 0 bridgehead atoms. The summed E-state index contributed by atoms with van der Waals surface area (Å²) in [5, 5.41) is 21.7. The summed E-state index contributed by atoms with van der Waals surface area (Å²) in [5.41, 5.74) is 4.14. The lowest BCUT2D eigenvalue weighted by Gasteiger charge is -2.10. The summed E-state index contributed by atoms with van der Waals surface area (Å²) in [7, 11) is 0. The van der Waals surface area contributed by atoms with Crippen LogP contribution in [0, 0.1) is 23.6 Å². The second-order valence-electron chi connectivity index (χ2n) is 10.2. The molecule has 1 unspecified atom stereocenters. The number of aromatic nitrogens is 3. The van der Waals surface area contributed by atoms with Crippen LogP contribution < -0.4 is 5.14 Å². The van der Waals surface area contributed by atoms with Gasteiger partial charge in [0.25, 0.3) is 6.43 Å². The number of benzene rings is 2. The number of carboxylic acids is 1. The standard InChI is InChI=1S/C31H23F3N4O3S3/c32-23-14-19(7-11-27(23)44(35)41)13-22-25(15-18-4-5-18)38(31-36-24(16-42-31)30(39)40)37-28(22)20-3-1-2-17(12-20)6-8-21-9-10-26(43-21)29(33)34/h1-3,7,9-12,14,16,18,29H,4-5,13,15,35H2,(H,39,40). The van der Waals surface area contributed by atoms with Crippen LogP contribution in [0.2, 0.25) is 0 Å². The fourth-order valence-corrected chi connectivity index (χ4v) is 6.71. The third-order valence-electron chi connectivity index (χ3n) is 7.06. The molecule has 44 heavy (non-hydrogen) atoms. The lowest BCUT2D eigenvalue weighted by Crippen LogP contribution is -2.14. The van der Waals surface area contributed by atoms with Gasteiger partial charge >= 0.3 is 5.97 Å². The highest BCUT2D eigenvalue weighted by Crippen LogP contribution is 2.38. The molecule has 0 spiro atoms. The largest absolute Gasteiger partial charge is 0.593 e. The predicted molar refractivity (Wildman–Crippen MR) is 163 cm³/mol. The fraction of sp³-hybridized carbons (Fsp3) is 0.194. The maximum Gasteiger partial charge on any atom is 0.355 e. The molecule has 6 rings (SSSR count). The molecule has 1 atom stereocenters. The quantitative estimate of drug-likeness (QED) is 0.134. The number of carbonyl (C=O) groups is 1. The number of aromatic carboxylic acids is 1. The highest BCUT2D eigenvalue weighted by Gasteiger charge is 2.29. The highest BCUT2D eigenvalue weighted by molar-refractivity contribution is 7.89. The molecular formula is C31H23F3N4O3S3. The third kappa shape index (κ3) is 6.59. The van der Waals surface area contributed by atoms with E-state index in [0.717, 1.165) is 52.3 Å². The summed E-state index contributed by atoms with van der Waals surface area (Å²) >= 11 is 0.134. The van der Waals surface area contributed by atoms with Gasteiger partial charge in [0.2, 0.25) is 10.0 Å². The van der Waals surface area contributed by atoms with E-state index in [-0.39, 0.29) is 21.9 Å². The molecule has 224 valence electrons. The summed E-state index contributed by atoms with van der Waals surface area (Å²) in [6.45, 7) is 0. The Morgan fingerprint density at radius 3 is 2.66 bits per heavy atom. The minimum atomic E-state index is -2.55. The van der Waals surface area contributed by atoms with Crippen LogP contribution in [0.25, 0.3) is 16.4 Å². The zero-order chi connectivity index (χ0) is 31.0. The van der Waals surface area contributed by atoms with E-state index >= 15 is 0 Å². The molecule has 1 fully saturated rings. The van der Waals surface area contributed by atoms with E-state index in [0.29, 0.717) is 39.2 Å². The summed E-state index contributed by atoms with van der Waals surface area (Å²) in [4.78, 5) is 16.3. The Hall–Kier alpha value is -3.93. The van der Waals surface area contributed by atoms with Crippen LogP contribution in [0.15, 0.2) is 64.9 Å². The maximum atomic E-state index is 14.8. The minimum Gasteiger partial charge on any atom is -0.593 e.